The predicted molar refractivity (Wildman–Crippen MR) is 135 cm³/mol. The van der Waals surface area contributed by atoms with Crippen LogP contribution in [-0.2, 0) is 25.7 Å². The summed E-state index contributed by atoms with van der Waals surface area (Å²) >= 11 is 0. The van der Waals surface area contributed by atoms with Gasteiger partial charge in [0.2, 0.25) is 0 Å². The molecule has 1 saturated carbocycles. The minimum Gasteiger partial charge on any atom is -0.497 e. The molecule has 0 bridgehead atoms. The number of aryl methyl sites for hydroxylation is 1. The Morgan fingerprint density at radius 2 is 1.69 bits per heavy atom. The van der Waals surface area contributed by atoms with E-state index in [0.717, 1.165) is 37.9 Å². The van der Waals surface area contributed by atoms with Crippen molar-refractivity contribution in [3.8, 4) is 5.75 Å². The second-order valence-corrected chi connectivity index (χ2v) is 9.80. The molecule has 1 amide bonds. The topological polar surface area (TPSA) is 90.9 Å². The highest BCUT2D eigenvalue weighted by Gasteiger charge is 2.66. The summed E-state index contributed by atoms with van der Waals surface area (Å²) in [5.41, 5.74) is 1.57. The predicted octanol–water partition coefficient (Wildman–Crippen LogP) is 4.01. The van der Waals surface area contributed by atoms with Crippen LogP contribution in [-0.4, -0.2) is 61.7 Å². The van der Waals surface area contributed by atoms with Crippen LogP contribution in [0.2, 0.25) is 0 Å². The van der Waals surface area contributed by atoms with Gasteiger partial charge in [0.15, 0.2) is 12.1 Å². The lowest BCUT2D eigenvalue weighted by molar-refractivity contribution is -0.950. The SMILES string of the molecule is COC(=O)c1cc(OC)cc(C)c1NC(=O)C1([N+]2(CC(=O)OCc3ccccc3)CCCCC2)CC1. The Kier molecular flexibility index (Phi) is 7.64. The number of carbonyl (C=O) groups is 3. The molecule has 1 saturated heterocycles. The Morgan fingerprint density at radius 3 is 2.31 bits per heavy atom. The van der Waals surface area contributed by atoms with Crippen molar-refractivity contribution < 1.29 is 33.1 Å². The van der Waals surface area contributed by atoms with Gasteiger partial charge in [0, 0.05) is 12.8 Å². The number of amides is 1. The fourth-order valence-corrected chi connectivity index (χ4v) is 5.46. The Morgan fingerprint density at radius 1 is 1.00 bits per heavy atom. The molecule has 1 N–H and O–H groups in total. The van der Waals surface area contributed by atoms with Crippen LogP contribution in [0.4, 0.5) is 5.69 Å². The van der Waals surface area contributed by atoms with Crippen molar-refractivity contribution in [2.45, 2.75) is 51.2 Å². The number of methoxy groups -OCH3 is 2. The summed E-state index contributed by atoms with van der Waals surface area (Å²) in [6.07, 6.45) is 4.37. The average Bonchev–Trinajstić information content (AvgIpc) is 3.72. The van der Waals surface area contributed by atoms with Crippen molar-refractivity contribution in [2.75, 3.05) is 39.2 Å². The Hall–Kier alpha value is -3.39. The molecule has 1 heterocycles. The minimum atomic E-state index is -0.716. The molecule has 4 rings (SSSR count). The molecule has 1 aliphatic heterocycles. The molecule has 192 valence electrons. The lowest BCUT2D eigenvalue weighted by atomic mass is 9.99. The Balaban J connectivity index is 1.56. The number of likely N-dealkylation sites (tertiary alicyclic amines) is 1. The minimum absolute atomic E-state index is 0.158. The van der Waals surface area contributed by atoms with Gasteiger partial charge in [-0.2, -0.15) is 0 Å². The summed E-state index contributed by atoms with van der Waals surface area (Å²) in [4.78, 5) is 39.4. The van der Waals surface area contributed by atoms with Crippen LogP contribution >= 0.6 is 0 Å². The summed E-state index contributed by atoms with van der Waals surface area (Å²) in [6.45, 7) is 3.69. The van der Waals surface area contributed by atoms with Gasteiger partial charge < -0.3 is 24.0 Å². The standard InChI is InChI=1S/C28H34N2O6/c1-20-16-22(34-2)17-23(26(32)35-3)25(20)29-27(33)28(12-13-28)30(14-8-5-9-15-30)18-24(31)36-19-21-10-6-4-7-11-21/h4,6-7,10-11,16-17H,5,8-9,12-15,18-19H2,1-3H3/p+1. The van der Waals surface area contributed by atoms with E-state index in [-0.39, 0.29) is 30.6 Å². The van der Waals surface area contributed by atoms with Gasteiger partial charge in [0.1, 0.15) is 12.4 Å². The molecule has 36 heavy (non-hydrogen) atoms. The van der Waals surface area contributed by atoms with E-state index in [0.29, 0.717) is 34.3 Å². The number of quaternary nitrogens is 1. The van der Waals surface area contributed by atoms with Gasteiger partial charge in [-0.1, -0.05) is 30.3 Å². The zero-order valence-corrected chi connectivity index (χ0v) is 21.3. The van der Waals surface area contributed by atoms with Gasteiger partial charge in [-0.3, -0.25) is 4.79 Å². The number of ether oxygens (including phenoxy) is 3. The van der Waals surface area contributed by atoms with E-state index in [2.05, 4.69) is 5.32 Å². The van der Waals surface area contributed by atoms with E-state index in [4.69, 9.17) is 14.2 Å². The van der Waals surface area contributed by atoms with E-state index in [1.165, 1.54) is 14.2 Å². The molecule has 1 aliphatic carbocycles. The van der Waals surface area contributed by atoms with E-state index >= 15 is 0 Å². The second-order valence-electron chi connectivity index (χ2n) is 9.80. The number of hydrogen-bond donors (Lipinski definition) is 1. The Bertz CT molecular complexity index is 1120. The summed E-state index contributed by atoms with van der Waals surface area (Å²) < 4.78 is 16.3. The van der Waals surface area contributed by atoms with Gasteiger partial charge in [0.05, 0.1) is 38.6 Å². The first kappa shape index (κ1) is 25.7. The molecule has 8 heteroatoms. The van der Waals surface area contributed by atoms with Crippen LogP contribution in [0.5, 0.6) is 5.75 Å². The molecular formula is C28H35N2O6+. The monoisotopic (exact) mass is 495 g/mol. The number of piperidine rings is 1. The van der Waals surface area contributed by atoms with Crippen LogP contribution in [0, 0.1) is 6.92 Å². The fraction of sp³-hybridized carbons (Fsp3) is 0.464. The fourth-order valence-electron chi connectivity index (χ4n) is 5.46. The van der Waals surface area contributed by atoms with Crippen molar-refractivity contribution >= 4 is 23.5 Å². The molecule has 0 atom stereocenters. The van der Waals surface area contributed by atoms with Crippen molar-refractivity contribution in [3.05, 3.63) is 59.2 Å². The van der Waals surface area contributed by atoms with Crippen LogP contribution in [0.15, 0.2) is 42.5 Å². The van der Waals surface area contributed by atoms with Crippen LogP contribution < -0.4 is 10.1 Å². The first-order valence-corrected chi connectivity index (χ1v) is 12.5. The number of benzene rings is 2. The molecule has 0 spiro atoms. The zero-order chi connectivity index (χ0) is 25.8. The van der Waals surface area contributed by atoms with E-state index < -0.39 is 11.5 Å². The zero-order valence-electron chi connectivity index (χ0n) is 21.3. The van der Waals surface area contributed by atoms with Gasteiger partial charge in [-0.05, 0) is 49.4 Å². The third kappa shape index (κ3) is 5.09. The van der Waals surface area contributed by atoms with Crippen LogP contribution in [0.1, 0.15) is 53.6 Å². The number of nitrogens with one attached hydrogen (secondary N) is 1. The molecular weight excluding hydrogens is 460 g/mol. The summed E-state index contributed by atoms with van der Waals surface area (Å²) in [7, 11) is 2.83. The number of anilines is 1. The van der Waals surface area contributed by atoms with Crippen LogP contribution in [0.25, 0.3) is 0 Å². The molecule has 2 aromatic rings. The number of nitrogens with zero attached hydrogens (tertiary/aromatic N) is 1. The molecule has 2 fully saturated rings. The average molecular weight is 496 g/mol. The number of hydrogen-bond acceptors (Lipinski definition) is 6. The summed E-state index contributed by atoms with van der Waals surface area (Å²) in [6, 6.07) is 12.9. The van der Waals surface area contributed by atoms with Gasteiger partial charge >= 0.3 is 11.9 Å². The van der Waals surface area contributed by atoms with E-state index in [9.17, 15) is 14.4 Å². The van der Waals surface area contributed by atoms with Gasteiger partial charge in [-0.15, -0.1) is 0 Å². The Labute approximate surface area is 212 Å². The number of esters is 2. The first-order chi connectivity index (χ1) is 17.3. The first-order valence-electron chi connectivity index (χ1n) is 12.5. The van der Waals surface area contributed by atoms with E-state index in [1.54, 1.807) is 12.1 Å². The molecule has 0 unspecified atom stereocenters. The highest BCUT2D eigenvalue weighted by atomic mass is 16.5. The van der Waals surface area contributed by atoms with Crippen molar-refractivity contribution in [2.24, 2.45) is 0 Å². The maximum atomic E-state index is 13.9. The molecule has 0 aromatic heterocycles. The maximum Gasteiger partial charge on any atom is 0.362 e. The smallest absolute Gasteiger partial charge is 0.362 e. The second kappa shape index (κ2) is 10.7. The molecule has 2 aromatic carbocycles. The lowest BCUT2D eigenvalue weighted by Gasteiger charge is -2.46. The third-order valence-electron chi connectivity index (χ3n) is 7.59. The number of rotatable bonds is 9. The third-order valence-corrected chi connectivity index (χ3v) is 7.59. The van der Waals surface area contributed by atoms with Crippen LogP contribution in [0.3, 0.4) is 0 Å². The largest absolute Gasteiger partial charge is 0.497 e. The maximum absolute atomic E-state index is 13.9. The molecule has 2 aliphatic rings. The quantitative estimate of drug-likeness (QED) is 0.418. The van der Waals surface area contributed by atoms with Gasteiger partial charge in [-0.25, -0.2) is 9.59 Å². The normalized spacial score (nSPS) is 17.5. The van der Waals surface area contributed by atoms with Gasteiger partial charge in [0.25, 0.3) is 5.91 Å². The van der Waals surface area contributed by atoms with E-state index in [1.807, 2.05) is 37.3 Å². The number of carbonyl (C=O) groups excluding carboxylic acids is 3. The van der Waals surface area contributed by atoms with Crippen molar-refractivity contribution in [1.29, 1.82) is 0 Å². The highest BCUT2D eigenvalue weighted by Crippen LogP contribution is 2.50. The molecule has 8 nitrogen and oxygen atoms in total. The molecule has 0 radical (unpaired) electrons. The van der Waals surface area contributed by atoms with Crippen molar-refractivity contribution in [1.82, 2.24) is 0 Å². The summed E-state index contributed by atoms with van der Waals surface area (Å²) in [5.74, 6) is -0.509. The summed E-state index contributed by atoms with van der Waals surface area (Å²) in [5, 5.41) is 3.04. The highest BCUT2D eigenvalue weighted by molar-refractivity contribution is 6.06. The van der Waals surface area contributed by atoms with Crippen molar-refractivity contribution in [3.63, 3.8) is 0 Å². The lowest BCUT2D eigenvalue weighted by Crippen LogP contribution is -2.66.